The van der Waals surface area contributed by atoms with Crippen LogP contribution in [0.15, 0.2) is 0 Å². The number of rotatable bonds is 4. The molecule has 0 aliphatic heterocycles. The summed E-state index contributed by atoms with van der Waals surface area (Å²) in [7, 11) is 1.88. The second-order valence-electron chi connectivity index (χ2n) is 5.08. The first-order valence-electron chi connectivity index (χ1n) is 6.41. The number of aryl methyl sites for hydroxylation is 2. The molecule has 96 valence electrons. The standard InChI is InChI=1S/C13H20Cl2N2/c1-9-11(13(15)17(2)16-9)7-8-12(14)10-5-3-4-6-10/h10,12H,3-8H2,1-2H3. The highest BCUT2D eigenvalue weighted by molar-refractivity contribution is 6.30. The molecule has 1 fully saturated rings. The highest BCUT2D eigenvalue weighted by Gasteiger charge is 2.23. The molecule has 0 amide bonds. The van der Waals surface area contributed by atoms with Gasteiger partial charge in [-0.25, -0.2) is 0 Å². The fourth-order valence-electron chi connectivity index (χ4n) is 2.79. The van der Waals surface area contributed by atoms with E-state index in [9.17, 15) is 0 Å². The van der Waals surface area contributed by atoms with Crippen LogP contribution in [0.4, 0.5) is 0 Å². The highest BCUT2D eigenvalue weighted by atomic mass is 35.5. The molecule has 1 aromatic heterocycles. The van der Waals surface area contributed by atoms with Gasteiger partial charge in [-0.15, -0.1) is 11.6 Å². The van der Waals surface area contributed by atoms with Crippen LogP contribution in [0.5, 0.6) is 0 Å². The van der Waals surface area contributed by atoms with Gasteiger partial charge in [-0.2, -0.15) is 5.10 Å². The Morgan fingerprint density at radius 1 is 1.41 bits per heavy atom. The number of nitrogens with zero attached hydrogens (tertiary/aromatic N) is 2. The van der Waals surface area contributed by atoms with Crippen molar-refractivity contribution in [1.29, 1.82) is 0 Å². The monoisotopic (exact) mass is 274 g/mol. The molecule has 0 N–H and O–H groups in total. The fourth-order valence-corrected chi connectivity index (χ4v) is 3.43. The molecule has 0 radical (unpaired) electrons. The summed E-state index contributed by atoms with van der Waals surface area (Å²) in [6.45, 7) is 2.01. The Labute approximate surface area is 113 Å². The van der Waals surface area contributed by atoms with Gasteiger partial charge in [0.1, 0.15) is 5.15 Å². The third-order valence-corrected chi connectivity index (χ3v) is 4.90. The summed E-state index contributed by atoms with van der Waals surface area (Å²) in [6, 6.07) is 0. The molecule has 1 aliphatic rings. The van der Waals surface area contributed by atoms with Crippen molar-refractivity contribution in [3.05, 3.63) is 16.4 Å². The van der Waals surface area contributed by atoms with E-state index in [0.29, 0.717) is 11.3 Å². The largest absolute Gasteiger partial charge is 0.257 e. The van der Waals surface area contributed by atoms with Gasteiger partial charge in [-0.05, 0) is 38.5 Å². The van der Waals surface area contributed by atoms with Gasteiger partial charge in [0.25, 0.3) is 0 Å². The first-order valence-corrected chi connectivity index (χ1v) is 7.23. The predicted molar refractivity (Wildman–Crippen MR) is 72.9 cm³/mol. The van der Waals surface area contributed by atoms with Crippen molar-refractivity contribution in [2.45, 2.75) is 50.8 Å². The van der Waals surface area contributed by atoms with E-state index < -0.39 is 0 Å². The average Bonchev–Trinajstić information content (AvgIpc) is 2.88. The van der Waals surface area contributed by atoms with Crippen LogP contribution >= 0.6 is 23.2 Å². The lowest BCUT2D eigenvalue weighted by molar-refractivity contribution is 0.492. The van der Waals surface area contributed by atoms with Gasteiger partial charge in [-0.1, -0.05) is 24.4 Å². The molecule has 0 spiro atoms. The van der Waals surface area contributed by atoms with Crippen molar-refractivity contribution in [2.75, 3.05) is 0 Å². The number of alkyl halides is 1. The maximum absolute atomic E-state index is 6.48. The van der Waals surface area contributed by atoms with Gasteiger partial charge in [0, 0.05) is 18.0 Å². The van der Waals surface area contributed by atoms with Gasteiger partial charge < -0.3 is 0 Å². The van der Waals surface area contributed by atoms with Crippen LogP contribution in [0.1, 0.15) is 43.4 Å². The molecule has 1 aromatic rings. The summed E-state index contributed by atoms with van der Waals surface area (Å²) in [5, 5.41) is 5.39. The Morgan fingerprint density at radius 3 is 2.59 bits per heavy atom. The summed E-state index contributed by atoms with van der Waals surface area (Å²) in [4.78, 5) is 0. The Kier molecular flexibility index (Phi) is 4.37. The summed E-state index contributed by atoms with van der Waals surface area (Å²) >= 11 is 12.7. The first kappa shape index (κ1) is 13.2. The Bertz CT molecular complexity index is 381. The topological polar surface area (TPSA) is 17.8 Å². The zero-order chi connectivity index (χ0) is 12.4. The van der Waals surface area contributed by atoms with E-state index in [-0.39, 0.29) is 0 Å². The van der Waals surface area contributed by atoms with E-state index in [1.54, 1.807) is 4.68 Å². The van der Waals surface area contributed by atoms with Crippen molar-refractivity contribution >= 4 is 23.2 Å². The molecule has 1 aliphatic carbocycles. The van der Waals surface area contributed by atoms with Crippen molar-refractivity contribution in [3.63, 3.8) is 0 Å². The molecule has 1 atom stereocenters. The van der Waals surface area contributed by atoms with Crippen molar-refractivity contribution in [1.82, 2.24) is 9.78 Å². The zero-order valence-electron chi connectivity index (χ0n) is 10.5. The molecule has 0 bridgehead atoms. The van der Waals surface area contributed by atoms with E-state index in [4.69, 9.17) is 23.2 Å². The normalized spacial score (nSPS) is 18.8. The van der Waals surface area contributed by atoms with E-state index in [1.165, 1.54) is 25.7 Å². The lowest BCUT2D eigenvalue weighted by atomic mass is 9.98. The smallest absolute Gasteiger partial charge is 0.130 e. The second-order valence-corrected chi connectivity index (χ2v) is 6.00. The molecule has 1 unspecified atom stereocenters. The second kappa shape index (κ2) is 5.62. The molecule has 17 heavy (non-hydrogen) atoms. The Balaban J connectivity index is 1.92. The van der Waals surface area contributed by atoms with Crippen LogP contribution in [-0.4, -0.2) is 15.2 Å². The molecular weight excluding hydrogens is 255 g/mol. The van der Waals surface area contributed by atoms with Crippen LogP contribution < -0.4 is 0 Å². The minimum atomic E-state index is 0.299. The molecule has 1 heterocycles. The third-order valence-electron chi connectivity index (χ3n) is 3.85. The molecule has 2 nitrogen and oxygen atoms in total. The quantitative estimate of drug-likeness (QED) is 0.756. The molecular formula is C13H20Cl2N2. The molecule has 1 saturated carbocycles. The van der Waals surface area contributed by atoms with E-state index in [0.717, 1.165) is 29.3 Å². The van der Waals surface area contributed by atoms with Crippen LogP contribution in [0.25, 0.3) is 0 Å². The molecule has 4 heteroatoms. The fraction of sp³-hybridized carbons (Fsp3) is 0.769. The summed E-state index contributed by atoms with van der Waals surface area (Å²) in [5.41, 5.74) is 2.20. The molecule has 0 saturated heterocycles. The van der Waals surface area contributed by atoms with Gasteiger partial charge in [0.05, 0.1) is 5.69 Å². The minimum Gasteiger partial charge on any atom is -0.257 e. The maximum atomic E-state index is 6.48. The zero-order valence-corrected chi connectivity index (χ0v) is 12.1. The number of hydrogen-bond donors (Lipinski definition) is 0. The third kappa shape index (κ3) is 2.97. The number of aromatic nitrogens is 2. The van der Waals surface area contributed by atoms with Crippen molar-refractivity contribution < 1.29 is 0 Å². The minimum absolute atomic E-state index is 0.299. The van der Waals surface area contributed by atoms with Crippen molar-refractivity contribution in [3.8, 4) is 0 Å². The lowest BCUT2D eigenvalue weighted by Gasteiger charge is -2.16. The van der Waals surface area contributed by atoms with Gasteiger partial charge in [0.2, 0.25) is 0 Å². The number of hydrogen-bond acceptors (Lipinski definition) is 1. The van der Waals surface area contributed by atoms with Gasteiger partial charge in [0.15, 0.2) is 0 Å². The van der Waals surface area contributed by atoms with E-state index in [2.05, 4.69) is 5.10 Å². The van der Waals surface area contributed by atoms with Gasteiger partial charge in [-0.3, -0.25) is 4.68 Å². The summed E-state index contributed by atoms with van der Waals surface area (Å²) in [5.74, 6) is 0.715. The first-order chi connectivity index (χ1) is 8.09. The van der Waals surface area contributed by atoms with Crippen LogP contribution in [0.2, 0.25) is 5.15 Å². The SMILES string of the molecule is Cc1nn(C)c(Cl)c1CCC(Cl)C1CCCC1. The Morgan fingerprint density at radius 2 is 2.06 bits per heavy atom. The van der Waals surface area contributed by atoms with E-state index in [1.807, 2.05) is 14.0 Å². The Hall–Kier alpha value is -0.210. The van der Waals surface area contributed by atoms with Gasteiger partial charge >= 0.3 is 0 Å². The van der Waals surface area contributed by atoms with Crippen LogP contribution in [0.3, 0.4) is 0 Å². The maximum Gasteiger partial charge on any atom is 0.130 e. The summed E-state index contributed by atoms with van der Waals surface area (Å²) in [6.07, 6.45) is 7.25. The lowest BCUT2D eigenvalue weighted by Crippen LogP contribution is -2.12. The number of halogens is 2. The van der Waals surface area contributed by atoms with Crippen molar-refractivity contribution in [2.24, 2.45) is 13.0 Å². The average molecular weight is 275 g/mol. The van der Waals surface area contributed by atoms with Crippen LogP contribution in [0, 0.1) is 12.8 Å². The summed E-state index contributed by atoms with van der Waals surface area (Å²) < 4.78 is 1.74. The molecule has 2 rings (SSSR count). The van der Waals surface area contributed by atoms with E-state index >= 15 is 0 Å². The highest BCUT2D eigenvalue weighted by Crippen LogP contribution is 2.33. The predicted octanol–water partition coefficient (Wildman–Crippen LogP) is 4.11. The molecule has 0 aromatic carbocycles. The van der Waals surface area contributed by atoms with Crippen LogP contribution in [-0.2, 0) is 13.5 Å².